The Labute approximate surface area is 101 Å². The maximum atomic E-state index is 10.9. The highest BCUT2D eigenvalue weighted by Crippen LogP contribution is 2.51. The minimum atomic E-state index is -0.315. The summed E-state index contributed by atoms with van der Waals surface area (Å²) in [5.74, 6) is 0. The molecule has 92 valence electrons. The third kappa shape index (κ3) is 2.17. The Hall–Kier alpha value is -1.42. The van der Waals surface area contributed by atoms with Crippen LogP contribution in [-0.2, 0) is 6.42 Å². The first-order chi connectivity index (χ1) is 7.96. The molecule has 0 radical (unpaired) electrons. The molecule has 0 aromatic heterocycles. The van der Waals surface area contributed by atoms with Gasteiger partial charge in [-0.25, -0.2) is 0 Å². The van der Waals surface area contributed by atoms with Gasteiger partial charge in [-0.05, 0) is 44.1 Å². The number of benzene rings is 1. The van der Waals surface area contributed by atoms with Gasteiger partial charge in [0.2, 0.25) is 0 Å². The van der Waals surface area contributed by atoms with Crippen LogP contribution in [0.25, 0.3) is 0 Å². The van der Waals surface area contributed by atoms with Gasteiger partial charge in [-0.2, -0.15) is 0 Å². The summed E-state index contributed by atoms with van der Waals surface area (Å²) < 4.78 is 0. The van der Waals surface area contributed by atoms with Crippen LogP contribution in [-0.4, -0.2) is 11.0 Å². The average Bonchev–Trinajstić information content (AvgIpc) is 3.02. The minimum Gasteiger partial charge on any atom is -0.327 e. The molecule has 0 amide bonds. The molecule has 0 spiro atoms. The molecule has 0 heterocycles. The molecule has 4 nitrogen and oxygen atoms in total. The summed E-state index contributed by atoms with van der Waals surface area (Å²) in [6.45, 7) is 3.85. The zero-order valence-corrected chi connectivity index (χ0v) is 10.3. The van der Waals surface area contributed by atoms with Crippen LogP contribution in [0.15, 0.2) is 18.2 Å². The number of nitro groups is 1. The molecule has 1 aliphatic rings. The summed E-state index contributed by atoms with van der Waals surface area (Å²) in [6.07, 6.45) is 3.12. The first-order valence-corrected chi connectivity index (χ1v) is 5.95. The second-order valence-electron chi connectivity index (χ2n) is 5.15. The van der Waals surface area contributed by atoms with Crippen LogP contribution in [0, 0.1) is 22.5 Å². The van der Waals surface area contributed by atoms with Gasteiger partial charge in [-0.3, -0.25) is 10.1 Å². The molecule has 0 saturated heterocycles. The zero-order chi connectivity index (χ0) is 12.6. The van der Waals surface area contributed by atoms with Crippen molar-refractivity contribution in [2.45, 2.75) is 39.2 Å². The number of hydrogen-bond donors (Lipinski definition) is 1. The minimum absolute atomic E-state index is 0.154. The molecule has 4 heteroatoms. The van der Waals surface area contributed by atoms with E-state index < -0.39 is 0 Å². The van der Waals surface area contributed by atoms with Crippen molar-refractivity contribution in [1.82, 2.24) is 0 Å². The topological polar surface area (TPSA) is 69.2 Å². The normalized spacial score (nSPS) is 18.8. The number of nitrogens with zero attached hydrogens (tertiary/aromatic N) is 1. The Morgan fingerprint density at radius 1 is 1.53 bits per heavy atom. The monoisotopic (exact) mass is 234 g/mol. The van der Waals surface area contributed by atoms with E-state index in [1.807, 2.05) is 19.9 Å². The van der Waals surface area contributed by atoms with Gasteiger partial charge in [0, 0.05) is 17.7 Å². The molecule has 1 atom stereocenters. The van der Waals surface area contributed by atoms with Crippen LogP contribution in [0.3, 0.4) is 0 Å². The van der Waals surface area contributed by atoms with Crippen LogP contribution >= 0.6 is 0 Å². The second kappa shape index (κ2) is 4.11. The summed E-state index contributed by atoms with van der Waals surface area (Å²) in [5.41, 5.74) is 8.23. The summed E-state index contributed by atoms with van der Waals surface area (Å²) in [6, 6.07) is 5.45. The fourth-order valence-corrected chi connectivity index (χ4v) is 2.39. The number of rotatable bonds is 4. The van der Waals surface area contributed by atoms with Gasteiger partial charge in [0.25, 0.3) is 5.69 Å². The molecule has 2 N–H and O–H groups in total. The van der Waals surface area contributed by atoms with Gasteiger partial charge in [-0.1, -0.05) is 12.1 Å². The fourth-order valence-electron chi connectivity index (χ4n) is 2.39. The smallest absolute Gasteiger partial charge is 0.272 e. The highest BCUT2D eigenvalue weighted by atomic mass is 16.6. The van der Waals surface area contributed by atoms with Gasteiger partial charge < -0.3 is 5.73 Å². The van der Waals surface area contributed by atoms with Crippen LogP contribution in [0.5, 0.6) is 0 Å². The average molecular weight is 234 g/mol. The van der Waals surface area contributed by atoms with Crippen molar-refractivity contribution in [3.63, 3.8) is 0 Å². The van der Waals surface area contributed by atoms with E-state index in [4.69, 9.17) is 5.73 Å². The fraction of sp³-hybridized carbons (Fsp3) is 0.538. The number of hydrogen-bond acceptors (Lipinski definition) is 3. The molecule has 0 aliphatic heterocycles. The van der Waals surface area contributed by atoms with E-state index in [1.165, 1.54) is 0 Å². The molecule has 1 aromatic carbocycles. The van der Waals surface area contributed by atoms with Gasteiger partial charge in [0.1, 0.15) is 0 Å². The summed E-state index contributed by atoms with van der Waals surface area (Å²) in [4.78, 5) is 10.6. The molecule has 17 heavy (non-hydrogen) atoms. The van der Waals surface area contributed by atoms with Crippen LogP contribution in [0.1, 0.15) is 30.9 Å². The van der Waals surface area contributed by atoms with E-state index in [9.17, 15) is 10.1 Å². The molecule has 1 aromatic rings. The van der Waals surface area contributed by atoms with E-state index >= 15 is 0 Å². The van der Waals surface area contributed by atoms with Gasteiger partial charge >= 0.3 is 0 Å². The third-order valence-electron chi connectivity index (χ3n) is 4.01. The van der Waals surface area contributed by atoms with E-state index in [1.54, 1.807) is 12.1 Å². The first kappa shape index (κ1) is 12.0. The van der Waals surface area contributed by atoms with E-state index in [-0.39, 0.29) is 22.1 Å². The molecule has 1 saturated carbocycles. The maximum absolute atomic E-state index is 10.9. The Balaban J connectivity index is 2.28. The standard InChI is InChI=1S/C13H18N2O2/c1-9-11(4-3-5-12(9)15(16)17)8-13(6-7-13)10(2)14/h3-5,10H,6-8,14H2,1-2H3. The Morgan fingerprint density at radius 3 is 2.65 bits per heavy atom. The lowest BCUT2D eigenvalue weighted by Crippen LogP contribution is -2.30. The predicted octanol–water partition coefficient (Wildman–Crippen LogP) is 2.57. The lowest BCUT2D eigenvalue weighted by atomic mass is 9.88. The van der Waals surface area contributed by atoms with Gasteiger partial charge in [0.15, 0.2) is 0 Å². The third-order valence-corrected chi connectivity index (χ3v) is 4.01. The van der Waals surface area contributed by atoms with Crippen LogP contribution < -0.4 is 5.73 Å². The van der Waals surface area contributed by atoms with Crippen molar-refractivity contribution >= 4 is 5.69 Å². The molecular formula is C13H18N2O2. The summed E-state index contributed by atoms with van der Waals surface area (Å²) in [7, 11) is 0. The van der Waals surface area contributed by atoms with Crippen LogP contribution in [0.4, 0.5) is 5.69 Å². The largest absolute Gasteiger partial charge is 0.327 e. The van der Waals surface area contributed by atoms with E-state index in [0.29, 0.717) is 0 Å². The van der Waals surface area contributed by atoms with Crippen molar-refractivity contribution in [3.8, 4) is 0 Å². The van der Waals surface area contributed by atoms with Crippen molar-refractivity contribution in [3.05, 3.63) is 39.4 Å². The quantitative estimate of drug-likeness (QED) is 0.643. The Morgan fingerprint density at radius 2 is 2.18 bits per heavy atom. The molecule has 1 fully saturated rings. The molecule has 1 aliphatic carbocycles. The van der Waals surface area contributed by atoms with E-state index in [2.05, 4.69) is 0 Å². The summed E-state index contributed by atoms with van der Waals surface area (Å²) >= 11 is 0. The van der Waals surface area contributed by atoms with Gasteiger partial charge in [0.05, 0.1) is 4.92 Å². The second-order valence-corrected chi connectivity index (χ2v) is 5.15. The molecule has 1 unspecified atom stereocenters. The zero-order valence-electron chi connectivity index (χ0n) is 10.3. The maximum Gasteiger partial charge on any atom is 0.272 e. The number of nitrogens with two attached hydrogens (primary N) is 1. The van der Waals surface area contributed by atoms with E-state index in [0.717, 1.165) is 30.4 Å². The Kier molecular flexibility index (Phi) is 2.91. The number of nitro benzene ring substituents is 1. The SMILES string of the molecule is Cc1c(CC2(C(C)N)CC2)cccc1[N+](=O)[O-]. The lowest BCUT2D eigenvalue weighted by Gasteiger charge is -2.20. The van der Waals surface area contributed by atoms with Crippen molar-refractivity contribution < 1.29 is 4.92 Å². The highest BCUT2D eigenvalue weighted by molar-refractivity contribution is 5.45. The summed E-state index contributed by atoms with van der Waals surface area (Å²) in [5, 5.41) is 10.9. The van der Waals surface area contributed by atoms with Gasteiger partial charge in [-0.15, -0.1) is 0 Å². The predicted molar refractivity (Wildman–Crippen MR) is 66.9 cm³/mol. The highest BCUT2D eigenvalue weighted by Gasteiger charge is 2.46. The van der Waals surface area contributed by atoms with Crippen molar-refractivity contribution in [2.75, 3.05) is 0 Å². The first-order valence-electron chi connectivity index (χ1n) is 5.95. The molecule has 0 bridgehead atoms. The Bertz CT molecular complexity index is 451. The molecular weight excluding hydrogens is 216 g/mol. The molecule has 2 rings (SSSR count). The van der Waals surface area contributed by atoms with Crippen molar-refractivity contribution in [2.24, 2.45) is 11.1 Å². The van der Waals surface area contributed by atoms with Crippen molar-refractivity contribution in [1.29, 1.82) is 0 Å². The lowest BCUT2D eigenvalue weighted by molar-refractivity contribution is -0.385. The van der Waals surface area contributed by atoms with Crippen LogP contribution in [0.2, 0.25) is 0 Å².